The van der Waals surface area contributed by atoms with Crippen molar-refractivity contribution >= 4 is 16.9 Å². The number of hydrogen-bond donors (Lipinski definition) is 1. The second kappa shape index (κ2) is 8.61. The van der Waals surface area contributed by atoms with Gasteiger partial charge in [-0.1, -0.05) is 37.3 Å². The first kappa shape index (κ1) is 18.1. The molecule has 5 heteroatoms. The highest BCUT2D eigenvalue weighted by Crippen LogP contribution is 2.20. The fraction of sp³-hybridized carbons (Fsp3) is 0.333. The van der Waals surface area contributed by atoms with Crippen LogP contribution in [0.4, 0.5) is 4.39 Å². The van der Waals surface area contributed by atoms with E-state index < -0.39 is 0 Å². The van der Waals surface area contributed by atoms with Crippen molar-refractivity contribution in [3.63, 3.8) is 0 Å². The number of halogens is 1. The van der Waals surface area contributed by atoms with Gasteiger partial charge in [0, 0.05) is 24.9 Å². The monoisotopic (exact) mass is 353 g/mol. The maximum absolute atomic E-state index is 14.1. The van der Waals surface area contributed by atoms with E-state index >= 15 is 0 Å². The summed E-state index contributed by atoms with van der Waals surface area (Å²) in [6, 6.07) is 14.7. The van der Waals surface area contributed by atoms with Gasteiger partial charge < -0.3 is 9.88 Å². The van der Waals surface area contributed by atoms with Crippen LogP contribution < -0.4 is 5.32 Å². The zero-order valence-corrected chi connectivity index (χ0v) is 15.0. The van der Waals surface area contributed by atoms with E-state index in [1.807, 2.05) is 37.3 Å². The van der Waals surface area contributed by atoms with E-state index in [1.165, 1.54) is 6.07 Å². The molecule has 0 aliphatic carbocycles. The van der Waals surface area contributed by atoms with Gasteiger partial charge in [0.2, 0.25) is 5.91 Å². The summed E-state index contributed by atoms with van der Waals surface area (Å²) in [6.45, 7) is 3.07. The highest BCUT2D eigenvalue weighted by molar-refractivity contribution is 5.76. The van der Waals surface area contributed by atoms with Crippen LogP contribution in [0.3, 0.4) is 0 Å². The summed E-state index contributed by atoms with van der Waals surface area (Å²) in [5.41, 5.74) is 2.56. The third-order valence-electron chi connectivity index (χ3n) is 4.40. The number of rotatable bonds is 8. The molecule has 0 aliphatic rings. The first-order valence-corrected chi connectivity index (χ1v) is 9.13. The summed E-state index contributed by atoms with van der Waals surface area (Å²) in [4.78, 5) is 16.3. The number of aryl methyl sites for hydroxylation is 1. The highest BCUT2D eigenvalue weighted by atomic mass is 19.1. The number of nitrogens with zero attached hydrogens (tertiary/aromatic N) is 2. The minimum absolute atomic E-state index is 0.0901. The molecule has 1 amide bonds. The number of nitrogens with one attached hydrogen (secondary N) is 1. The number of hydrogen-bond acceptors (Lipinski definition) is 2. The average Bonchev–Trinajstić information content (AvgIpc) is 2.98. The predicted molar refractivity (Wildman–Crippen MR) is 101 cm³/mol. The molecule has 0 atom stereocenters. The van der Waals surface area contributed by atoms with Crippen LogP contribution in [-0.4, -0.2) is 22.0 Å². The lowest BCUT2D eigenvalue weighted by Gasteiger charge is -2.10. The number of imidazole rings is 1. The lowest BCUT2D eigenvalue weighted by molar-refractivity contribution is -0.121. The summed E-state index contributed by atoms with van der Waals surface area (Å²) < 4.78 is 16.2. The molecule has 0 fully saturated rings. The van der Waals surface area contributed by atoms with E-state index in [0.29, 0.717) is 25.1 Å². The van der Waals surface area contributed by atoms with Crippen LogP contribution in [0.25, 0.3) is 11.0 Å². The number of para-hydroxylation sites is 2. The zero-order chi connectivity index (χ0) is 18.4. The first-order valence-electron chi connectivity index (χ1n) is 9.13. The van der Waals surface area contributed by atoms with Gasteiger partial charge in [-0.2, -0.15) is 0 Å². The summed E-state index contributed by atoms with van der Waals surface area (Å²) in [5, 5.41) is 2.93. The molecule has 1 heterocycles. The molecule has 1 N–H and O–H groups in total. The molecule has 136 valence electrons. The van der Waals surface area contributed by atoms with Crippen molar-refractivity contribution < 1.29 is 9.18 Å². The molecule has 0 aliphatic heterocycles. The van der Waals surface area contributed by atoms with Crippen molar-refractivity contribution in [1.82, 2.24) is 14.9 Å². The quantitative estimate of drug-likeness (QED) is 0.621. The first-order chi connectivity index (χ1) is 12.7. The standard InChI is InChI=1S/C21H24FN3O/c1-2-8-21(26)23-14-7-13-20-24-18-11-5-6-12-19(18)25(20)15-16-9-3-4-10-17(16)22/h3-6,9-12H,2,7-8,13-15H2,1H3,(H,23,26). The van der Waals surface area contributed by atoms with Crippen LogP contribution in [0, 0.1) is 5.82 Å². The van der Waals surface area contributed by atoms with E-state index in [1.54, 1.807) is 12.1 Å². The van der Waals surface area contributed by atoms with E-state index in [-0.39, 0.29) is 11.7 Å². The Hall–Kier alpha value is -2.69. The second-order valence-corrected chi connectivity index (χ2v) is 6.40. The predicted octanol–water partition coefficient (Wildman–Crippen LogP) is 4.07. The van der Waals surface area contributed by atoms with Crippen molar-refractivity contribution in [2.75, 3.05) is 6.54 Å². The molecule has 0 unspecified atom stereocenters. The SMILES string of the molecule is CCCC(=O)NCCCc1nc2ccccc2n1Cc1ccccc1F. The molecule has 0 saturated heterocycles. The smallest absolute Gasteiger partial charge is 0.219 e. The second-order valence-electron chi connectivity index (χ2n) is 6.40. The molecule has 2 aromatic carbocycles. The van der Waals surface area contributed by atoms with Gasteiger partial charge in [-0.25, -0.2) is 9.37 Å². The summed E-state index contributed by atoms with van der Waals surface area (Å²) in [6.07, 6.45) is 2.95. The molecule has 0 spiro atoms. The van der Waals surface area contributed by atoms with Gasteiger partial charge in [0.1, 0.15) is 11.6 Å². The van der Waals surface area contributed by atoms with Crippen molar-refractivity contribution in [2.45, 2.75) is 39.2 Å². The molecule has 4 nitrogen and oxygen atoms in total. The van der Waals surface area contributed by atoms with Crippen LogP contribution in [-0.2, 0) is 17.8 Å². The van der Waals surface area contributed by atoms with Crippen LogP contribution in [0.1, 0.15) is 37.6 Å². The average molecular weight is 353 g/mol. The van der Waals surface area contributed by atoms with Gasteiger partial charge >= 0.3 is 0 Å². The summed E-state index contributed by atoms with van der Waals surface area (Å²) in [7, 11) is 0. The molecule has 3 rings (SSSR count). The number of carbonyl (C=O) groups excluding carboxylic acids is 1. The molecule has 1 aromatic heterocycles. The Balaban J connectivity index is 1.77. The van der Waals surface area contributed by atoms with Crippen molar-refractivity contribution in [3.05, 3.63) is 65.7 Å². The number of aromatic nitrogens is 2. The molecule has 0 radical (unpaired) electrons. The van der Waals surface area contributed by atoms with Crippen molar-refractivity contribution in [3.8, 4) is 0 Å². The van der Waals surface area contributed by atoms with E-state index in [4.69, 9.17) is 4.98 Å². The van der Waals surface area contributed by atoms with Crippen LogP contribution in [0.5, 0.6) is 0 Å². The molecule has 0 bridgehead atoms. The minimum Gasteiger partial charge on any atom is -0.356 e. The van der Waals surface area contributed by atoms with Gasteiger partial charge in [0.05, 0.1) is 17.6 Å². The maximum atomic E-state index is 14.1. The van der Waals surface area contributed by atoms with E-state index in [0.717, 1.165) is 36.1 Å². The number of carbonyl (C=O) groups is 1. The van der Waals surface area contributed by atoms with Crippen molar-refractivity contribution in [1.29, 1.82) is 0 Å². The summed E-state index contributed by atoms with van der Waals surface area (Å²) >= 11 is 0. The van der Waals surface area contributed by atoms with Gasteiger partial charge in [-0.15, -0.1) is 0 Å². The van der Waals surface area contributed by atoms with Gasteiger partial charge in [0.15, 0.2) is 0 Å². The third-order valence-corrected chi connectivity index (χ3v) is 4.40. The van der Waals surface area contributed by atoms with Crippen LogP contribution >= 0.6 is 0 Å². The fourth-order valence-corrected chi connectivity index (χ4v) is 3.08. The maximum Gasteiger partial charge on any atom is 0.219 e. The Morgan fingerprint density at radius 3 is 2.73 bits per heavy atom. The number of benzene rings is 2. The third kappa shape index (κ3) is 4.28. The van der Waals surface area contributed by atoms with E-state index in [9.17, 15) is 9.18 Å². The zero-order valence-electron chi connectivity index (χ0n) is 15.0. The van der Waals surface area contributed by atoms with Crippen LogP contribution in [0.2, 0.25) is 0 Å². The Morgan fingerprint density at radius 2 is 1.92 bits per heavy atom. The molecular formula is C21H24FN3O. The molecular weight excluding hydrogens is 329 g/mol. The Labute approximate surface area is 153 Å². The van der Waals surface area contributed by atoms with Gasteiger partial charge in [-0.3, -0.25) is 4.79 Å². The van der Waals surface area contributed by atoms with E-state index in [2.05, 4.69) is 9.88 Å². The Bertz CT molecular complexity index is 888. The highest BCUT2D eigenvalue weighted by Gasteiger charge is 2.12. The number of fused-ring (bicyclic) bond motifs is 1. The molecule has 3 aromatic rings. The fourth-order valence-electron chi connectivity index (χ4n) is 3.08. The van der Waals surface area contributed by atoms with Gasteiger partial charge in [-0.05, 0) is 31.0 Å². The topological polar surface area (TPSA) is 46.9 Å². The normalized spacial score (nSPS) is 11.0. The van der Waals surface area contributed by atoms with Gasteiger partial charge in [0.25, 0.3) is 0 Å². The van der Waals surface area contributed by atoms with Crippen LogP contribution in [0.15, 0.2) is 48.5 Å². The number of amides is 1. The van der Waals surface area contributed by atoms with Crippen molar-refractivity contribution in [2.24, 2.45) is 0 Å². The molecule has 0 saturated carbocycles. The largest absolute Gasteiger partial charge is 0.356 e. The summed E-state index contributed by atoms with van der Waals surface area (Å²) in [5.74, 6) is 0.801. The lowest BCUT2D eigenvalue weighted by atomic mass is 10.2. The minimum atomic E-state index is -0.205. The Kier molecular flexibility index (Phi) is 6.00. The Morgan fingerprint density at radius 1 is 1.15 bits per heavy atom. The lowest BCUT2D eigenvalue weighted by Crippen LogP contribution is -2.24. The molecule has 26 heavy (non-hydrogen) atoms.